The number of nitrogen functional groups attached to an aromatic ring is 1. The smallest absolute Gasteiger partial charge is 0.224 e. The standard InChI is InChI=1S/C11H17N5S/c1-4-13-11-15-14-10(16(11)5-2)9-8(12)7(3)6-17-9/h6H,4-5,12H2,1-3H3,(H,13,15). The first-order valence-corrected chi connectivity index (χ1v) is 6.58. The Balaban J connectivity index is 2.48. The second-order valence-corrected chi connectivity index (χ2v) is 4.66. The fourth-order valence-electron chi connectivity index (χ4n) is 1.69. The van der Waals surface area contributed by atoms with Crippen LogP contribution in [0.5, 0.6) is 0 Å². The van der Waals surface area contributed by atoms with Crippen LogP contribution in [0.3, 0.4) is 0 Å². The molecule has 0 unspecified atom stereocenters. The molecule has 0 bridgehead atoms. The molecule has 2 rings (SSSR count). The van der Waals surface area contributed by atoms with Crippen LogP contribution >= 0.6 is 11.3 Å². The SMILES string of the molecule is CCNc1nnc(-c2scc(C)c2N)n1CC. The Hall–Kier alpha value is -1.56. The zero-order valence-corrected chi connectivity index (χ0v) is 11.1. The van der Waals surface area contributed by atoms with Gasteiger partial charge in [-0.15, -0.1) is 21.5 Å². The van der Waals surface area contributed by atoms with Gasteiger partial charge in [-0.1, -0.05) is 0 Å². The number of aryl methyl sites for hydroxylation is 1. The zero-order valence-electron chi connectivity index (χ0n) is 10.3. The summed E-state index contributed by atoms with van der Waals surface area (Å²) < 4.78 is 2.05. The summed E-state index contributed by atoms with van der Waals surface area (Å²) in [5, 5.41) is 13.6. The number of thiophene rings is 1. The van der Waals surface area contributed by atoms with Gasteiger partial charge in [0, 0.05) is 13.1 Å². The highest BCUT2D eigenvalue weighted by molar-refractivity contribution is 7.14. The molecule has 92 valence electrons. The number of rotatable bonds is 4. The summed E-state index contributed by atoms with van der Waals surface area (Å²) >= 11 is 1.61. The number of nitrogens with zero attached hydrogens (tertiary/aromatic N) is 3. The van der Waals surface area contributed by atoms with Crippen molar-refractivity contribution in [2.24, 2.45) is 0 Å². The van der Waals surface area contributed by atoms with Crippen molar-refractivity contribution in [1.82, 2.24) is 14.8 Å². The van der Waals surface area contributed by atoms with Crippen molar-refractivity contribution in [3.05, 3.63) is 10.9 Å². The molecule has 6 heteroatoms. The van der Waals surface area contributed by atoms with Crippen LogP contribution in [-0.2, 0) is 6.54 Å². The predicted molar refractivity (Wildman–Crippen MR) is 72.3 cm³/mol. The van der Waals surface area contributed by atoms with Gasteiger partial charge in [0.05, 0.1) is 10.6 Å². The third-order valence-electron chi connectivity index (χ3n) is 2.63. The molecule has 0 aliphatic carbocycles. The molecule has 0 amide bonds. The van der Waals surface area contributed by atoms with E-state index in [0.717, 1.165) is 41.0 Å². The lowest BCUT2D eigenvalue weighted by Crippen LogP contribution is -2.06. The van der Waals surface area contributed by atoms with E-state index in [1.165, 1.54) is 0 Å². The molecule has 5 nitrogen and oxygen atoms in total. The Labute approximate surface area is 105 Å². The summed E-state index contributed by atoms with van der Waals surface area (Å²) in [7, 11) is 0. The van der Waals surface area contributed by atoms with Crippen LogP contribution < -0.4 is 11.1 Å². The summed E-state index contributed by atoms with van der Waals surface area (Å²) in [6.07, 6.45) is 0. The summed E-state index contributed by atoms with van der Waals surface area (Å²) in [6, 6.07) is 0. The van der Waals surface area contributed by atoms with E-state index in [1.807, 2.05) is 23.8 Å². The van der Waals surface area contributed by atoms with Crippen LogP contribution in [0, 0.1) is 6.92 Å². The minimum atomic E-state index is 0.801. The quantitative estimate of drug-likeness (QED) is 0.875. The minimum absolute atomic E-state index is 0.801. The number of nitrogens with one attached hydrogen (secondary N) is 1. The van der Waals surface area contributed by atoms with Gasteiger partial charge in [0.15, 0.2) is 5.82 Å². The first-order valence-electron chi connectivity index (χ1n) is 5.70. The molecular weight excluding hydrogens is 234 g/mol. The van der Waals surface area contributed by atoms with E-state index < -0.39 is 0 Å². The molecule has 0 aromatic carbocycles. The Morgan fingerprint density at radius 3 is 2.71 bits per heavy atom. The number of aromatic nitrogens is 3. The molecule has 2 aromatic heterocycles. The van der Waals surface area contributed by atoms with Gasteiger partial charge in [0.2, 0.25) is 5.95 Å². The molecule has 0 spiro atoms. The molecule has 0 saturated carbocycles. The second kappa shape index (κ2) is 4.75. The maximum atomic E-state index is 6.05. The maximum Gasteiger partial charge on any atom is 0.224 e. The van der Waals surface area contributed by atoms with Crippen LogP contribution in [0.15, 0.2) is 5.38 Å². The number of anilines is 2. The van der Waals surface area contributed by atoms with Gasteiger partial charge in [-0.2, -0.15) is 0 Å². The minimum Gasteiger partial charge on any atom is -0.397 e. The third kappa shape index (κ3) is 2.00. The van der Waals surface area contributed by atoms with Crippen LogP contribution in [0.1, 0.15) is 19.4 Å². The lowest BCUT2D eigenvalue weighted by atomic mass is 10.3. The van der Waals surface area contributed by atoms with Crippen molar-refractivity contribution in [3.63, 3.8) is 0 Å². The Kier molecular flexibility index (Phi) is 3.33. The normalized spacial score (nSPS) is 10.8. The summed E-state index contributed by atoms with van der Waals surface area (Å²) in [4.78, 5) is 1.00. The Morgan fingerprint density at radius 1 is 1.41 bits per heavy atom. The Morgan fingerprint density at radius 2 is 2.18 bits per heavy atom. The molecule has 2 aromatic rings. The van der Waals surface area contributed by atoms with Gasteiger partial charge >= 0.3 is 0 Å². The molecular formula is C11H17N5S. The summed E-state index contributed by atoms with van der Waals surface area (Å²) in [5.74, 6) is 1.65. The van der Waals surface area contributed by atoms with E-state index in [4.69, 9.17) is 5.73 Å². The van der Waals surface area contributed by atoms with Crippen LogP contribution in [-0.4, -0.2) is 21.3 Å². The lowest BCUT2D eigenvalue weighted by Gasteiger charge is -2.07. The monoisotopic (exact) mass is 251 g/mol. The van der Waals surface area contributed by atoms with Crippen LogP contribution in [0.4, 0.5) is 11.6 Å². The summed E-state index contributed by atoms with van der Waals surface area (Å²) in [5.41, 5.74) is 7.95. The first kappa shape index (κ1) is 11.9. The third-order valence-corrected chi connectivity index (χ3v) is 3.74. The Bertz CT molecular complexity index is 514. The van der Waals surface area contributed by atoms with Crippen molar-refractivity contribution in [1.29, 1.82) is 0 Å². The van der Waals surface area contributed by atoms with Crippen molar-refractivity contribution >= 4 is 23.0 Å². The predicted octanol–water partition coefficient (Wildman–Crippen LogP) is 2.35. The average Bonchev–Trinajstić information content (AvgIpc) is 2.85. The highest BCUT2D eigenvalue weighted by Crippen LogP contribution is 2.34. The summed E-state index contributed by atoms with van der Waals surface area (Å²) in [6.45, 7) is 7.77. The van der Waals surface area contributed by atoms with Crippen molar-refractivity contribution in [3.8, 4) is 10.7 Å². The lowest BCUT2D eigenvalue weighted by molar-refractivity contribution is 0.772. The molecule has 0 aliphatic rings. The average molecular weight is 251 g/mol. The van der Waals surface area contributed by atoms with E-state index >= 15 is 0 Å². The van der Waals surface area contributed by atoms with Gasteiger partial charge in [-0.05, 0) is 31.7 Å². The topological polar surface area (TPSA) is 68.8 Å². The largest absolute Gasteiger partial charge is 0.397 e. The highest BCUT2D eigenvalue weighted by atomic mass is 32.1. The molecule has 2 heterocycles. The van der Waals surface area contributed by atoms with Crippen molar-refractivity contribution in [2.75, 3.05) is 17.6 Å². The fourth-order valence-corrected chi connectivity index (χ4v) is 2.65. The van der Waals surface area contributed by atoms with Gasteiger partial charge in [0.1, 0.15) is 0 Å². The van der Waals surface area contributed by atoms with Gasteiger partial charge in [0.25, 0.3) is 0 Å². The zero-order chi connectivity index (χ0) is 12.4. The van der Waals surface area contributed by atoms with E-state index in [-0.39, 0.29) is 0 Å². The van der Waals surface area contributed by atoms with E-state index in [9.17, 15) is 0 Å². The van der Waals surface area contributed by atoms with E-state index in [2.05, 4.69) is 22.4 Å². The fraction of sp³-hybridized carbons (Fsp3) is 0.455. The maximum absolute atomic E-state index is 6.05. The van der Waals surface area contributed by atoms with Crippen molar-refractivity contribution < 1.29 is 0 Å². The molecule has 0 radical (unpaired) electrons. The second-order valence-electron chi connectivity index (χ2n) is 3.78. The molecule has 0 aliphatic heterocycles. The number of nitrogens with two attached hydrogens (primary N) is 1. The van der Waals surface area contributed by atoms with E-state index in [1.54, 1.807) is 11.3 Å². The highest BCUT2D eigenvalue weighted by Gasteiger charge is 2.16. The molecule has 0 fully saturated rings. The van der Waals surface area contributed by atoms with Crippen LogP contribution in [0.2, 0.25) is 0 Å². The molecule has 17 heavy (non-hydrogen) atoms. The molecule has 3 N–H and O–H groups in total. The van der Waals surface area contributed by atoms with E-state index in [0.29, 0.717) is 0 Å². The molecule has 0 atom stereocenters. The molecule has 0 saturated heterocycles. The number of hydrogen-bond donors (Lipinski definition) is 2. The number of hydrogen-bond acceptors (Lipinski definition) is 5. The first-order chi connectivity index (χ1) is 8.19. The van der Waals surface area contributed by atoms with Gasteiger partial charge < -0.3 is 11.1 Å². The van der Waals surface area contributed by atoms with Gasteiger partial charge in [-0.25, -0.2) is 0 Å². The van der Waals surface area contributed by atoms with Crippen LogP contribution in [0.25, 0.3) is 10.7 Å². The van der Waals surface area contributed by atoms with Crippen molar-refractivity contribution in [2.45, 2.75) is 27.3 Å². The van der Waals surface area contributed by atoms with Gasteiger partial charge in [-0.3, -0.25) is 4.57 Å².